The second kappa shape index (κ2) is 4.57. The fourth-order valence-electron chi connectivity index (χ4n) is 0.693. The van der Waals surface area contributed by atoms with E-state index in [-0.39, 0.29) is 6.10 Å². The molecule has 0 spiro atoms. The highest BCUT2D eigenvalue weighted by molar-refractivity contribution is 5.01. The van der Waals surface area contributed by atoms with Gasteiger partial charge < -0.3 is 5.11 Å². The van der Waals surface area contributed by atoms with Crippen molar-refractivity contribution >= 4 is 0 Å². The smallest absolute Gasteiger partial charge is 0.0747 e. The summed E-state index contributed by atoms with van der Waals surface area (Å²) < 4.78 is 0. The van der Waals surface area contributed by atoms with Crippen LogP contribution in [0.2, 0.25) is 0 Å². The Morgan fingerprint density at radius 1 is 1.67 bits per heavy atom. The van der Waals surface area contributed by atoms with Gasteiger partial charge in [-0.1, -0.05) is 19.4 Å². The van der Waals surface area contributed by atoms with Gasteiger partial charge in [-0.05, 0) is 25.8 Å². The first kappa shape index (κ1) is 8.70. The van der Waals surface area contributed by atoms with E-state index in [0.29, 0.717) is 0 Å². The van der Waals surface area contributed by atoms with Crippen LogP contribution in [0.15, 0.2) is 11.6 Å². The summed E-state index contributed by atoms with van der Waals surface area (Å²) in [5.74, 6) is 0. The van der Waals surface area contributed by atoms with E-state index in [0.717, 1.165) is 18.4 Å². The highest BCUT2D eigenvalue weighted by Crippen LogP contribution is 2.06. The zero-order chi connectivity index (χ0) is 7.28. The lowest BCUT2D eigenvalue weighted by atomic mass is 10.1. The quantitative estimate of drug-likeness (QED) is 0.577. The summed E-state index contributed by atoms with van der Waals surface area (Å²) >= 11 is 0. The van der Waals surface area contributed by atoms with Gasteiger partial charge in [0.05, 0.1) is 6.10 Å². The molecule has 1 nitrogen and oxygen atoms in total. The van der Waals surface area contributed by atoms with Crippen LogP contribution in [-0.4, -0.2) is 11.2 Å². The summed E-state index contributed by atoms with van der Waals surface area (Å²) in [5.41, 5.74) is 1.08. The number of aliphatic hydroxyl groups excluding tert-OH is 1. The Morgan fingerprint density at radius 2 is 2.22 bits per heavy atom. The average molecular weight is 128 g/mol. The molecule has 1 atom stereocenters. The summed E-state index contributed by atoms with van der Waals surface area (Å²) in [6.45, 7) is 5.99. The van der Waals surface area contributed by atoms with Gasteiger partial charge in [0.15, 0.2) is 0 Å². The predicted octanol–water partition coefficient (Wildman–Crippen LogP) is 2.11. The Labute approximate surface area is 57.4 Å². The number of rotatable bonds is 3. The van der Waals surface area contributed by atoms with Crippen LogP contribution < -0.4 is 0 Å². The molecule has 1 heteroatoms. The van der Waals surface area contributed by atoms with E-state index >= 15 is 0 Å². The molecule has 0 heterocycles. The molecule has 0 fully saturated rings. The molecule has 0 aliphatic heterocycles. The molecular formula is C8H16O. The van der Waals surface area contributed by atoms with Crippen LogP contribution in [0, 0.1) is 0 Å². The molecule has 0 aromatic rings. The van der Waals surface area contributed by atoms with Crippen LogP contribution in [0.5, 0.6) is 0 Å². The Kier molecular flexibility index (Phi) is 4.41. The van der Waals surface area contributed by atoms with Crippen molar-refractivity contribution in [3.8, 4) is 0 Å². The fraction of sp³-hybridized carbons (Fsp3) is 0.750. The number of aliphatic hydroxyl groups is 1. The maximum atomic E-state index is 9.25. The van der Waals surface area contributed by atoms with Gasteiger partial charge in [-0.3, -0.25) is 0 Å². The molecule has 0 bridgehead atoms. The summed E-state index contributed by atoms with van der Waals surface area (Å²) in [7, 11) is 0. The molecule has 0 saturated carbocycles. The van der Waals surface area contributed by atoms with E-state index in [1.54, 1.807) is 0 Å². The first-order valence-corrected chi connectivity index (χ1v) is 3.53. The molecule has 0 rings (SSSR count). The molecule has 54 valence electrons. The van der Waals surface area contributed by atoms with E-state index in [2.05, 4.69) is 6.92 Å². The molecule has 1 N–H and O–H groups in total. The lowest BCUT2D eigenvalue weighted by molar-refractivity contribution is 0.199. The maximum absolute atomic E-state index is 9.25. The zero-order valence-corrected chi connectivity index (χ0v) is 6.52. The van der Waals surface area contributed by atoms with E-state index < -0.39 is 0 Å². The molecule has 0 aromatic heterocycles. The molecule has 0 aliphatic rings. The molecule has 0 radical (unpaired) electrons. The second-order valence-electron chi connectivity index (χ2n) is 2.34. The summed E-state index contributed by atoms with van der Waals surface area (Å²) in [4.78, 5) is 0. The van der Waals surface area contributed by atoms with Gasteiger partial charge in [0, 0.05) is 0 Å². The minimum absolute atomic E-state index is 0.208. The number of hydrogen-bond acceptors (Lipinski definition) is 1. The monoisotopic (exact) mass is 128 g/mol. The molecule has 0 saturated heterocycles. The SMILES string of the molecule is C/C=C(\C)C(O)CCC. The van der Waals surface area contributed by atoms with Gasteiger partial charge in [0.1, 0.15) is 0 Å². The zero-order valence-electron chi connectivity index (χ0n) is 6.52. The van der Waals surface area contributed by atoms with E-state index in [1.807, 2.05) is 19.9 Å². The average Bonchev–Trinajstić information content (AvgIpc) is 1.87. The topological polar surface area (TPSA) is 20.2 Å². The molecule has 0 aromatic carbocycles. The van der Waals surface area contributed by atoms with Gasteiger partial charge in [-0.2, -0.15) is 0 Å². The van der Waals surface area contributed by atoms with Gasteiger partial charge in [-0.25, -0.2) is 0 Å². The number of allylic oxidation sites excluding steroid dienone is 1. The third-order valence-electron chi connectivity index (χ3n) is 1.54. The molecular weight excluding hydrogens is 112 g/mol. The van der Waals surface area contributed by atoms with Crippen molar-refractivity contribution in [2.24, 2.45) is 0 Å². The van der Waals surface area contributed by atoms with Crippen LogP contribution in [-0.2, 0) is 0 Å². The maximum Gasteiger partial charge on any atom is 0.0747 e. The Balaban J connectivity index is 3.59. The number of hydrogen-bond donors (Lipinski definition) is 1. The predicted molar refractivity (Wildman–Crippen MR) is 40.3 cm³/mol. The Morgan fingerprint density at radius 3 is 2.56 bits per heavy atom. The molecule has 1 unspecified atom stereocenters. The fourth-order valence-corrected chi connectivity index (χ4v) is 0.693. The van der Waals surface area contributed by atoms with Crippen molar-refractivity contribution in [2.75, 3.05) is 0 Å². The van der Waals surface area contributed by atoms with Crippen LogP contribution in [0.25, 0.3) is 0 Å². The van der Waals surface area contributed by atoms with E-state index in [4.69, 9.17) is 0 Å². The first-order valence-electron chi connectivity index (χ1n) is 3.53. The van der Waals surface area contributed by atoms with Crippen molar-refractivity contribution in [3.05, 3.63) is 11.6 Å². The van der Waals surface area contributed by atoms with Crippen molar-refractivity contribution in [2.45, 2.75) is 39.7 Å². The normalized spacial score (nSPS) is 15.8. The molecule has 9 heavy (non-hydrogen) atoms. The standard InChI is InChI=1S/C8H16O/c1-4-6-8(9)7(3)5-2/h5,8-9H,4,6H2,1-3H3/b7-5+. The van der Waals surface area contributed by atoms with Gasteiger partial charge in [0.25, 0.3) is 0 Å². The van der Waals surface area contributed by atoms with Crippen molar-refractivity contribution in [1.29, 1.82) is 0 Å². The van der Waals surface area contributed by atoms with Crippen LogP contribution in [0.1, 0.15) is 33.6 Å². The van der Waals surface area contributed by atoms with Crippen molar-refractivity contribution in [3.63, 3.8) is 0 Å². The third kappa shape index (κ3) is 3.31. The second-order valence-corrected chi connectivity index (χ2v) is 2.34. The van der Waals surface area contributed by atoms with Crippen LogP contribution in [0.4, 0.5) is 0 Å². The summed E-state index contributed by atoms with van der Waals surface area (Å²) in [6.07, 6.45) is 3.68. The molecule has 0 amide bonds. The Hall–Kier alpha value is -0.300. The minimum Gasteiger partial charge on any atom is -0.389 e. The first-order chi connectivity index (χ1) is 4.22. The lowest BCUT2D eigenvalue weighted by Gasteiger charge is -2.07. The minimum atomic E-state index is -0.208. The van der Waals surface area contributed by atoms with Crippen molar-refractivity contribution in [1.82, 2.24) is 0 Å². The lowest BCUT2D eigenvalue weighted by Crippen LogP contribution is -2.06. The van der Waals surface area contributed by atoms with Crippen molar-refractivity contribution < 1.29 is 5.11 Å². The van der Waals surface area contributed by atoms with E-state index in [9.17, 15) is 5.11 Å². The highest BCUT2D eigenvalue weighted by atomic mass is 16.3. The van der Waals surface area contributed by atoms with Crippen LogP contribution in [0.3, 0.4) is 0 Å². The van der Waals surface area contributed by atoms with Gasteiger partial charge in [-0.15, -0.1) is 0 Å². The highest BCUT2D eigenvalue weighted by Gasteiger charge is 2.01. The van der Waals surface area contributed by atoms with E-state index in [1.165, 1.54) is 0 Å². The van der Waals surface area contributed by atoms with Crippen LogP contribution >= 0.6 is 0 Å². The third-order valence-corrected chi connectivity index (χ3v) is 1.54. The molecule has 0 aliphatic carbocycles. The largest absolute Gasteiger partial charge is 0.389 e. The summed E-state index contributed by atoms with van der Waals surface area (Å²) in [5, 5.41) is 9.25. The summed E-state index contributed by atoms with van der Waals surface area (Å²) in [6, 6.07) is 0. The van der Waals surface area contributed by atoms with Gasteiger partial charge >= 0.3 is 0 Å². The van der Waals surface area contributed by atoms with Gasteiger partial charge in [0.2, 0.25) is 0 Å². The Bertz CT molecular complexity index is 94.7.